The van der Waals surface area contributed by atoms with Crippen molar-refractivity contribution in [1.82, 2.24) is 0 Å². The van der Waals surface area contributed by atoms with Crippen LogP contribution >= 0.6 is 0 Å². The molecular weight excluding hydrogens is 256 g/mol. The van der Waals surface area contributed by atoms with E-state index in [1.807, 2.05) is 0 Å². The predicted octanol–water partition coefficient (Wildman–Crippen LogP) is 5.57. The van der Waals surface area contributed by atoms with Crippen LogP contribution in [0.4, 0.5) is 0 Å². The quantitative estimate of drug-likeness (QED) is 0.626. The SMILES string of the molecule is C=C1CCC[C@]2(C)C(=C(C)CC[C@H]2O)/C=C(/C(C)C)CC1. The highest BCUT2D eigenvalue weighted by atomic mass is 16.3. The standard InChI is InChI=1S/C20H32O/c1-14(2)17-10-8-15(3)7-6-12-20(5)18(13-17)16(4)9-11-19(20)21/h13-14,19,21H,3,6-12H2,1-2,4-5H3/b17-13+/t19-,20-/m1/s1. The number of hydrogen-bond donors (Lipinski definition) is 1. The van der Waals surface area contributed by atoms with Gasteiger partial charge >= 0.3 is 0 Å². The van der Waals surface area contributed by atoms with Crippen LogP contribution in [0, 0.1) is 11.3 Å². The second-order valence-corrected chi connectivity index (χ2v) is 7.64. The molecular formula is C20H32O. The van der Waals surface area contributed by atoms with E-state index in [-0.39, 0.29) is 11.5 Å². The molecule has 118 valence electrons. The van der Waals surface area contributed by atoms with Crippen LogP contribution in [0.5, 0.6) is 0 Å². The van der Waals surface area contributed by atoms with E-state index in [4.69, 9.17) is 0 Å². The van der Waals surface area contributed by atoms with Gasteiger partial charge in [-0.2, -0.15) is 0 Å². The molecule has 0 fully saturated rings. The molecule has 21 heavy (non-hydrogen) atoms. The van der Waals surface area contributed by atoms with E-state index in [0.29, 0.717) is 5.92 Å². The average Bonchev–Trinajstić information content (AvgIpc) is 2.42. The molecule has 0 radical (unpaired) electrons. The van der Waals surface area contributed by atoms with Crippen molar-refractivity contribution >= 4 is 0 Å². The number of fused-ring (bicyclic) bond motifs is 1. The van der Waals surface area contributed by atoms with Gasteiger partial charge in [-0.1, -0.05) is 50.1 Å². The second-order valence-electron chi connectivity index (χ2n) is 7.64. The first-order valence-corrected chi connectivity index (χ1v) is 8.60. The molecule has 1 nitrogen and oxygen atoms in total. The molecule has 0 unspecified atom stereocenters. The second kappa shape index (κ2) is 6.52. The Kier molecular flexibility index (Phi) is 5.14. The summed E-state index contributed by atoms with van der Waals surface area (Å²) in [5.74, 6) is 0.570. The molecule has 0 bridgehead atoms. The van der Waals surface area contributed by atoms with Crippen LogP contribution in [0.25, 0.3) is 0 Å². The van der Waals surface area contributed by atoms with Gasteiger partial charge in [-0.05, 0) is 63.4 Å². The van der Waals surface area contributed by atoms with Crippen LogP contribution in [-0.4, -0.2) is 11.2 Å². The molecule has 2 atom stereocenters. The summed E-state index contributed by atoms with van der Waals surface area (Å²) < 4.78 is 0. The monoisotopic (exact) mass is 288 g/mol. The van der Waals surface area contributed by atoms with Crippen molar-refractivity contribution in [2.45, 2.75) is 78.7 Å². The summed E-state index contributed by atoms with van der Waals surface area (Å²) >= 11 is 0. The molecule has 1 heteroatoms. The first-order valence-electron chi connectivity index (χ1n) is 8.60. The van der Waals surface area contributed by atoms with Crippen LogP contribution in [-0.2, 0) is 0 Å². The maximum absolute atomic E-state index is 10.7. The Bertz CT molecular complexity index is 466. The van der Waals surface area contributed by atoms with E-state index >= 15 is 0 Å². The molecule has 0 saturated carbocycles. The van der Waals surface area contributed by atoms with Crippen molar-refractivity contribution in [2.75, 3.05) is 0 Å². The smallest absolute Gasteiger partial charge is 0.0637 e. The molecule has 2 aliphatic rings. The third kappa shape index (κ3) is 3.51. The molecule has 2 aliphatic carbocycles. The van der Waals surface area contributed by atoms with Crippen LogP contribution in [0.2, 0.25) is 0 Å². The first kappa shape index (κ1) is 16.5. The Morgan fingerprint density at radius 3 is 2.62 bits per heavy atom. The first-order chi connectivity index (χ1) is 9.84. The Morgan fingerprint density at radius 1 is 1.24 bits per heavy atom. The predicted molar refractivity (Wildman–Crippen MR) is 91.2 cm³/mol. The maximum atomic E-state index is 10.7. The highest BCUT2D eigenvalue weighted by Crippen LogP contribution is 2.46. The van der Waals surface area contributed by atoms with Crippen molar-refractivity contribution in [3.05, 3.63) is 34.9 Å². The van der Waals surface area contributed by atoms with Crippen molar-refractivity contribution in [3.8, 4) is 0 Å². The third-order valence-corrected chi connectivity index (χ3v) is 5.67. The summed E-state index contributed by atoms with van der Waals surface area (Å²) in [6.45, 7) is 13.3. The van der Waals surface area contributed by atoms with Gasteiger partial charge in [0.15, 0.2) is 0 Å². The lowest BCUT2D eigenvalue weighted by atomic mass is 9.65. The molecule has 2 rings (SSSR count). The molecule has 1 N–H and O–H groups in total. The minimum absolute atomic E-state index is 0.0694. The highest BCUT2D eigenvalue weighted by Gasteiger charge is 2.39. The summed E-state index contributed by atoms with van der Waals surface area (Å²) in [6.07, 6.45) is 9.76. The Labute approximate surface area is 130 Å². The van der Waals surface area contributed by atoms with Crippen molar-refractivity contribution in [2.24, 2.45) is 11.3 Å². The third-order valence-electron chi connectivity index (χ3n) is 5.67. The van der Waals surface area contributed by atoms with Gasteiger partial charge in [0.05, 0.1) is 6.10 Å². The van der Waals surface area contributed by atoms with Gasteiger partial charge in [-0.3, -0.25) is 0 Å². The minimum Gasteiger partial charge on any atom is -0.392 e. The number of allylic oxidation sites excluding steroid dienone is 4. The molecule has 0 aliphatic heterocycles. The van der Waals surface area contributed by atoms with E-state index in [1.54, 1.807) is 0 Å². The normalized spacial score (nSPS) is 34.5. The van der Waals surface area contributed by atoms with E-state index in [0.717, 1.165) is 44.9 Å². The summed E-state index contributed by atoms with van der Waals surface area (Å²) in [4.78, 5) is 0. The fourth-order valence-electron chi connectivity index (χ4n) is 3.93. The van der Waals surface area contributed by atoms with Crippen molar-refractivity contribution in [1.29, 1.82) is 0 Å². The van der Waals surface area contributed by atoms with Crippen molar-refractivity contribution < 1.29 is 5.11 Å². The molecule has 0 amide bonds. The molecule has 0 spiro atoms. The minimum atomic E-state index is -0.200. The van der Waals surface area contributed by atoms with Crippen LogP contribution < -0.4 is 0 Å². The number of aliphatic hydroxyl groups excluding tert-OH is 1. The molecule has 0 aromatic heterocycles. The van der Waals surface area contributed by atoms with Crippen LogP contribution in [0.15, 0.2) is 34.9 Å². The van der Waals surface area contributed by atoms with Gasteiger partial charge in [0.2, 0.25) is 0 Å². The fourth-order valence-corrected chi connectivity index (χ4v) is 3.93. The Hall–Kier alpha value is -0.820. The topological polar surface area (TPSA) is 20.2 Å². The summed E-state index contributed by atoms with van der Waals surface area (Å²) in [5.41, 5.74) is 5.74. The van der Waals surface area contributed by atoms with Gasteiger partial charge < -0.3 is 5.11 Å². The van der Waals surface area contributed by atoms with E-state index < -0.39 is 0 Å². The highest BCUT2D eigenvalue weighted by molar-refractivity contribution is 5.38. The zero-order chi connectivity index (χ0) is 15.6. The van der Waals surface area contributed by atoms with Gasteiger partial charge in [0.1, 0.15) is 0 Å². The zero-order valence-electron chi connectivity index (χ0n) is 14.3. The largest absolute Gasteiger partial charge is 0.392 e. The lowest BCUT2D eigenvalue weighted by Crippen LogP contribution is -2.37. The summed E-state index contributed by atoms with van der Waals surface area (Å²) in [6, 6.07) is 0. The molecule has 0 aromatic carbocycles. The van der Waals surface area contributed by atoms with Gasteiger partial charge in [0, 0.05) is 5.41 Å². The lowest BCUT2D eigenvalue weighted by molar-refractivity contribution is 0.0418. The van der Waals surface area contributed by atoms with Crippen molar-refractivity contribution in [3.63, 3.8) is 0 Å². The fraction of sp³-hybridized carbons (Fsp3) is 0.700. The van der Waals surface area contributed by atoms with Gasteiger partial charge in [-0.25, -0.2) is 0 Å². The zero-order valence-corrected chi connectivity index (χ0v) is 14.3. The summed E-state index contributed by atoms with van der Waals surface area (Å²) in [5, 5.41) is 10.7. The van der Waals surface area contributed by atoms with E-state index in [9.17, 15) is 5.11 Å². The van der Waals surface area contributed by atoms with Crippen LogP contribution in [0.1, 0.15) is 72.6 Å². The van der Waals surface area contributed by atoms with Gasteiger partial charge in [0.25, 0.3) is 0 Å². The number of hydrogen-bond acceptors (Lipinski definition) is 1. The Morgan fingerprint density at radius 2 is 1.95 bits per heavy atom. The maximum Gasteiger partial charge on any atom is 0.0637 e. The lowest BCUT2D eigenvalue weighted by Gasteiger charge is -2.42. The van der Waals surface area contributed by atoms with Crippen LogP contribution in [0.3, 0.4) is 0 Å². The average molecular weight is 288 g/mol. The molecule has 0 heterocycles. The van der Waals surface area contributed by atoms with E-state index in [2.05, 4.69) is 40.3 Å². The number of rotatable bonds is 1. The summed E-state index contributed by atoms with van der Waals surface area (Å²) in [7, 11) is 0. The molecule has 0 saturated heterocycles. The molecule has 0 aromatic rings. The number of aliphatic hydroxyl groups is 1. The van der Waals surface area contributed by atoms with E-state index in [1.165, 1.54) is 22.3 Å². The van der Waals surface area contributed by atoms with Gasteiger partial charge in [-0.15, -0.1) is 0 Å². The Balaban J connectivity index is 2.48.